The Hall–Kier alpha value is -2.56. The Morgan fingerprint density at radius 3 is 2.45 bits per heavy atom. The second-order valence-electron chi connectivity index (χ2n) is 6.31. The Morgan fingerprint density at radius 1 is 1.09 bits per heavy atom. The van der Waals surface area contributed by atoms with E-state index in [0.29, 0.717) is 10.9 Å². The minimum atomic E-state index is -0.594. The number of fused-ring (bicyclic) bond motifs is 3. The number of para-hydroxylation sites is 1. The normalized spacial score (nSPS) is 12.0. The van der Waals surface area contributed by atoms with Gasteiger partial charge in [0.1, 0.15) is 5.60 Å². The average Bonchev–Trinajstić information content (AvgIpc) is 2.88. The molecule has 1 aromatic carbocycles. The van der Waals surface area contributed by atoms with Crippen LogP contribution in [0.25, 0.3) is 21.8 Å². The van der Waals surface area contributed by atoms with Crippen LogP contribution in [0.2, 0.25) is 0 Å². The van der Waals surface area contributed by atoms with Crippen LogP contribution in [0, 0.1) is 0 Å². The van der Waals surface area contributed by atoms with Gasteiger partial charge in [-0.25, -0.2) is 4.79 Å². The molecule has 0 amide bonds. The van der Waals surface area contributed by atoms with Crippen LogP contribution in [0.4, 0.5) is 4.79 Å². The number of pyridine rings is 1. The molecule has 0 aliphatic carbocycles. The van der Waals surface area contributed by atoms with Gasteiger partial charge < -0.3 is 9.30 Å². The number of carbonyl (C=O) groups excluding carboxylic acids is 1. The third-order valence-corrected chi connectivity index (χ3v) is 3.53. The fraction of sp³-hybridized carbons (Fsp3) is 0.294. The van der Waals surface area contributed by atoms with Gasteiger partial charge >= 0.3 is 6.09 Å². The van der Waals surface area contributed by atoms with Crippen LogP contribution in [0.5, 0.6) is 0 Å². The molecule has 0 radical (unpaired) electrons. The quantitative estimate of drug-likeness (QED) is 0.640. The third-order valence-electron chi connectivity index (χ3n) is 3.53. The van der Waals surface area contributed by atoms with Crippen molar-refractivity contribution in [1.29, 1.82) is 0 Å². The van der Waals surface area contributed by atoms with E-state index in [0.717, 1.165) is 10.9 Å². The lowest BCUT2D eigenvalue weighted by Gasteiger charge is -2.20. The molecule has 2 heterocycles. The number of benzene rings is 1. The summed E-state index contributed by atoms with van der Waals surface area (Å²) in [4.78, 5) is 24.9. The molecule has 0 unspecified atom stereocenters. The molecule has 0 N–H and O–H groups in total. The van der Waals surface area contributed by atoms with Gasteiger partial charge in [-0.05, 0) is 32.9 Å². The van der Waals surface area contributed by atoms with Crippen molar-refractivity contribution in [2.24, 2.45) is 7.05 Å². The molecule has 0 atom stereocenters. The minimum Gasteiger partial charge on any atom is -0.443 e. The van der Waals surface area contributed by atoms with E-state index in [4.69, 9.17) is 4.74 Å². The first-order chi connectivity index (χ1) is 10.3. The van der Waals surface area contributed by atoms with E-state index >= 15 is 0 Å². The Kier molecular flexibility index (Phi) is 3.09. The lowest BCUT2D eigenvalue weighted by Crippen LogP contribution is -2.27. The Morgan fingerprint density at radius 2 is 1.77 bits per heavy atom. The maximum absolute atomic E-state index is 12.5. The van der Waals surface area contributed by atoms with E-state index in [1.165, 1.54) is 4.57 Å². The van der Waals surface area contributed by atoms with E-state index in [-0.39, 0.29) is 5.56 Å². The fourth-order valence-corrected chi connectivity index (χ4v) is 2.60. The molecule has 0 aliphatic rings. The number of hydrogen-bond acceptors (Lipinski definition) is 3. The number of nitrogens with zero attached hydrogens (tertiary/aromatic N) is 2. The van der Waals surface area contributed by atoms with Crippen molar-refractivity contribution in [3.8, 4) is 0 Å². The largest absolute Gasteiger partial charge is 0.443 e. The first-order valence-electron chi connectivity index (χ1n) is 7.12. The van der Waals surface area contributed by atoms with Crippen LogP contribution in [-0.2, 0) is 11.8 Å². The van der Waals surface area contributed by atoms with Crippen LogP contribution in [0.3, 0.4) is 0 Å². The molecule has 5 heteroatoms. The summed E-state index contributed by atoms with van der Waals surface area (Å²) < 4.78 is 8.43. The SMILES string of the molecule is Cn1c(=O)c2ccn(C(=O)OC(C)(C)C)c2c2ccccc21. The van der Waals surface area contributed by atoms with Gasteiger partial charge in [-0.2, -0.15) is 0 Å². The van der Waals surface area contributed by atoms with E-state index in [1.807, 2.05) is 45.0 Å². The van der Waals surface area contributed by atoms with E-state index in [1.54, 1.807) is 23.9 Å². The van der Waals surface area contributed by atoms with Gasteiger partial charge in [-0.3, -0.25) is 9.36 Å². The topological polar surface area (TPSA) is 53.2 Å². The number of aryl methyl sites for hydroxylation is 1. The van der Waals surface area contributed by atoms with Crippen molar-refractivity contribution >= 4 is 27.9 Å². The van der Waals surface area contributed by atoms with Crippen molar-refractivity contribution in [1.82, 2.24) is 9.13 Å². The molecule has 22 heavy (non-hydrogen) atoms. The third kappa shape index (κ3) is 2.19. The highest BCUT2D eigenvalue weighted by Crippen LogP contribution is 2.24. The lowest BCUT2D eigenvalue weighted by atomic mass is 10.1. The zero-order valence-corrected chi connectivity index (χ0v) is 13.1. The van der Waals surface area contributed by atoms with Crippen LogP contribution >= 0.6 is 0 Å². The maximum atomic E-state index is 12.5. The number of hydrogen-bond donors (Lipinski definition) is 0. The summed E-state index contributed by atoms with van der Waals surface area (Å²) in [7, 11) is 1.73. The first kappa shape index (κ1) is 14.4. The molecule has 0 aliphatic heterocycles. The summed E-state index contributed by atoms with van der Waals surface area (Å²) in [6.45, 7) is 5.44. The van der Waals surface area contributed by atoms with Crippen molar-refractivity contribution in [3.05, 3.63) is 46.9 Å². The number of aromatic nitrogens is 2. The number of rotatable bonds is 0. The van der Waals surface area contributed by atoms with Crippen LogP contribution < -0.4 is 5.56 Å². The highest BCUT2D eigenvalue weighted by molar-refractivity contribution is 6.07. The maximum Gasteiger partial charge on any atom is 0.419 e. The zero-order chi connectivity index (χ0) is 16.1. The predicted molar refractivity (Wildman–Crippen MR) is 86.3 cm³/mol. The molecular weight excluding hydrogens is 280 g/mol. The molecule has 0 bridgehead atoms. The van der Waals surface area contributed by atoms with Gasteiger partial charge in [0.25, 0.3) is 5.56 Å². The number of carbonyl (C=O) groups is 1. The summed E-state index contributed by atoms with van der Waals surface area (Å²) in [5, 5.41) is 1.35. The first-order valence-corrected chi connectivity index (χ1v) is 7.12. The van der Waals surface area contributed by atoms with Gasteiger partial charge in [-0.15, -0.1) is 0 Å². The molecule has 5 nitrogen and oxygen atoms in total. The molecular formula is C17H18N2O3. The number of ether oxygens (including phenoxy) is 1. The van der Waals surface area contributed by atoms with Crippen LogP contribution in [-0.4, -0.2) is 20.8 Å². The minimum absolute atomic E-state index is 0.129. The van der Waals surface area contributed by atoms with Crippen molar-refractivity contribution in [2.45, 2.75) is 26.4 Å². The molecule has 0 spiro atoms. The Balaban J connectivity index is 2.35. The average molecular weight is 298 g/mol. The molecule has 114 valence electrons. The van der Waals surface area contributed by atoms with Crippen LogP contribution in [0.1, 0.15) is 20.8 Å². The predicted octanol–water partition coefficient (Wildman–Crippen LogP) is 3.28. The van der Waals surface area contributed by atoms with Gasteiger partial charge in [0, 0.05) is 18.6 Å². The summed E-state index contributed by atoms with van der Waals surface area (Å²) >= 11 is 0. The smallest absolute Gasteiger partial charge is 0.419 e. The van der Waals surface area contributed by atoms with Crippen molar-refractivity contribution in [2.75, 3.05) is 0 Å². The van der Waals surface area contributed by atoms with E-state index < -0.39 is 11.7 Å². The zero-order valence-electron chi connectivity index (χ0n) is 13.1. The molecule has 3 aromatic rings. The second-order valence-corrected chi connectivity index (χ2v) is 6.31. The standard InChI is InChI=1S/C17H18N2O3/c1-17(2,3)22-16(21)19-10-9-12-14(19)11-7-5-6-8-13(11)18(4)15(12)20/h5-10H,1-4H3. The Bertz CT molecular complexity index is 942. The van der Waals surface area contributed by atoms with E-state index in [2.05, 4.69) is 0 Å². The highest BCUT2D eigenvalue weighted by Gasteiger charge is 2.21. The monoisotopic (exact) mass is 298 g/mol. The van der Waals surface area contributed by atoms with Gasteiger partial charge in [-0.1, -0.05) is 18.2 Å². The van der Waals surface area contributed by atoms with Crippen molar-refractivity contribution < 1.29 is 9.53 Å². The summed E-state index contributed by atoms with van der Waals surface area (Å²) in [5.74, 6) is 0. The molecule has 0 fully saturated rings. The molecule has 2 aromatic heterocycles. The van der Waals surface area contributed by atoms with Gasteiger partial charge in [0.2, 0.25) is 0 Å². The van der Waals surface area contributed by atoms with Gasteiger partial charge in [0.05, 0.1) is 16.4 Å². The molecule has 0 saturated carbocycles. The highest BCUT2D eigenvalue weighted by atomic mass is 16.6. The fourth-order valence-electron chi connectivity index (χ4n) is 2.60. The summed E-state index contributed by atoms with van der Waals surface area (Å²) in [5.41, 5.74) is 0.649. The second kappa shape index (κ2) is 4.73. The summed E-state index contributed by atoms with van der Waals surface area (Å²) in [6.07, 6.45) is 1.10. The molecule has 3 rings (SSSR count). The summed E-state index contributed by atoms with van der Waals surface area (Å²) in [6, 6.07) is 9.18. The van der Waals surface area contributed by atoms with Gasteiger partial charge in [0.15, 0.2) is 0 Å². The Labute approximate surface area is 127 Å². The van der Waals surface area contributed by atoms with E-state index in [9.17, 15) is 9.59 Å². The van der Waals surface area contributed by atoms with Crippen molar-refractivity contribution in [3.63, 3.8) is 0 Å². The van der Waals surface area contributed by atoms with Crippen LogP contribution in [0.15, 0.2) is 41.3 Å². The molecule has 0 saturated heterocycles. The lowest BCUT2D eigenvalue weighted by molar-refractivity contribution is 0.0545.